The van der Waals surface area contributed by atoms with Gasteiger partial charge in [-0.1, -0.05) is 32.4 Å². The molecule has 1 amide bonds. The molecule has 182 valence electrons. The molecular formula is C27H45NO4. The van der Waals surface area contributed by atoms with Gasteiger partial charge in [-0.2, -0.15) is 0 Å². The second-order valence-corrected chi connectivity index (χ2v) is 11.9. The SMILES string of the molecule is COCCN(C)C(=O)OC[C@@H](C)[C@H]1CC[C@H]2[C@@H]3CC=C4C[C@@H](O)CC[C@]4(C)[C@H]3CC[C@]12C. The fraction of sp³-hybridized carbons (Fsp3) is 0.889. The number of rotatable bonds is 6. The topological polar surface area (TPSA) is 59.0 Å². The molecule has 0 unspecified atom stereocenters. The van der Waals surface area contributed by atoms with Gasteiger partial charge in [0.25, 0.3) is 0 Å². The molecule has 32 heavy (non-hydrogen) atoms. The van der Waals surface area contributed by atoms with Crippen LogP contribution in [0.15, 0.2) is 11.6 Å². The maximum Gasteiger partial charge on any atom is 0.409 e. The zero-order valence-electron chi connectivity index (χ0n) is 20.9. The number of fused-ring (bicyclic) bond motifs is 5. The fourth-order valence-electron chi connectivity index (χ4n) is 8.37. The predicted molar refractivity (Wildman–Crippen MR) is 126 cm³/mol. The molecule has 1 N–H and O–H groups in total. The molecule has 0 aliphatic heterocycles. The molecule has 3 saturated carbocycles. The van der Waals surface area contributed by atoms with Crippen LogP contribution in [-0.2, 0) is 9.47 Å². The van der Waals surface area contributed by atoms with Gasteiger partial charge in [0.1, 0.15) is 0 Å². The summed E-state index contributed by atoms with van der Waals surface area (Å²) in [6.45, 7) is 8.92. The highest BCUT2D eigenvalue weighted by atomic mass is 16.6. The van der Waals surface area contributed by atoms with E-state index >= 15 is 0 Å². The van der Waals surface area contributed by atoms with Crippen LogP contribution in [0.1, 0.15) is 72.1 Å². The van der Waals surface area contributed by atoms with Crippen LogP contribution >= 0.6 is 0 Å². The van der Waals surface area contributed by atoms with Crippen molar-refractivity contribution in [3.63, 3.8) is 0 Å². The standard InChI is InChI=1S/C27H45NO4/c1-18(17-32-25(30)28(4)14-15-31-5)22-8-9-23-21-7-6-19-16-20(29)10-12-26(19,2)24(21)11-13-27(22,23)3/h6,18,20-24,29H,7-17H2,1-5H3/t18-,20+,21+,22-,23+,24+,26+,27-/m1/s1. The average Bonchev–Trinajstić information content (AvgIpc) is 3.13. The number of hydrogen-bond acceptors (Lipinski definition) is 4. The minimum absolute atomic E-state index is 0.132. The lowest BCUT2D eigenvalue weighted by Gasteiger charge is -2.58. The van der Waals surface area contributed by atoms with Crippen molar-refractivity contribution < 1.29 is 19.4 Å². The smallest absolute Gasteiger partial charge is 0.409 e. The molecule has 5 heteroatoms. The Labute approximate surface area is 194 Å². The number of carbonyl (C=O) groups excluding carboxylic acids is 1. The van der Waals surface area contributed by atoms with Crippen LogP contribution in [0.2, 0.25) is 0 Å². The van der Waals surface area contributed by atoms with Crippen LogP contribution in [0.5, 0.6) is 0 Å². The molecule has 8 atom stereocenters. The summed E-state index contributed by atoms with van der Waals surface area (Å²) in [4.78, 5) is 13.9. The first-order valence-electron chi connectivity index (χ1n) is 12.9. The number of hydrogen-bond donors (Lipinski definition) is 1. The van der Waals surface area contributed by atoms with Crippen molar-refractivity contribution in [2.75, 3.05) is 33.9 Å². The number of carbonyl (C=O) groups is 1. The van der Waals surface area contributed by atoms with Crippen molar-refractivity contribution >= 4 is 6.09 Å². The Kier molecular flexibility index (Phi) is 6.99. The van der Waals surface area contributed by atoms with Crippen molar-refractivity contribution in [1.29, 1.82) is 0 Å². The third-order valence-corrected chi connectivity index (χ3v) is 10.3. The molecule has 0 aromatic carbocycles. The second kappa shape index (κ2) is 9.29. The highest BCUT2D eigenvalue weighted by molar-refractivity contribution is 5.67. The van der Waals surface area contributed by atoms with Gasteiger partial charge >= 0.3 is 6.09 Å². The minimum atomic E-state index is -0.241. The summed E-state index contributed by atoms with van der Waals surface area (Å²) in [6, 6.07) is 0. The first-order valence-corrected chi connectivity index (χ1v) is 12.9. The Hall–Kier alpha value is -1.07. The van der Waals surface area contributed by atoms with E-state index < -0.39 is 0 Å². The van der Waals surface area contributed by atoms with E-state index in [1.165, 1.54) is 32.1 Å². The Bertz CT molecular complexity index is 722. The monoisotopic (exact) mass is 447 g/mol. The molecule has 0 saturated heterocycles. The second-order valence-electron chi connectivity index (χ2n) is 11.9. The van der Waals surface area contributed by atoms with Crippen molar-refractivity contribution in [2.45, 2.75) is 78.2 Å². The molecule has 4 rings (SSSR count). The molecular weight excluding hydrogens is 402 g/mol. The zero-order chi connectivity index (χ0) is 23.1. The van der Waals surface area contributed by atoms with Crippen LogP contribution in [0, 0.1) is 40.4 Å². The van der Waals surface area contributed by atoms with Crippen molar-refractivity contribution in [3.05, 3.63) is 11.6 Å². The maximum atomic E-state index is 12.3. The predicted octanol–water partition coefficient (Wildman–Crippen LogP) is 5.28. The van der Waals surface area contributed by atoms with E-state index in [1.807, 2.05) is 0 Å². The summed E-state index contributed by atoms with van der Waals surface area (Å²) in [7, 11) is 3.42. The van der Waals surface area contributed by atoms with Gasteiger partial charge in [0, 0.05) is 20.7 Å². The Morgan fingerprint density at radius 3 is 2.75 bits per heavy atom. The largest absolute Gasteiger partial charge is 0.449 e. The number of likely N-dealkylation sites (N-methyl/N-ethyl adjacent to an activating group) is 1. The van der Waals surface area contributed by atoms with Crippen LogP contribution in [-0.4, -0.2) is 56.1 Å². The molecule has 3 fully saturated rings. The van der Waals surface area contributed by atoms with E-state index in [2.05, 4.69) is 26.8 Å². The van der Waals surface area contributed by atoms with Gasteiger partial charge in [-0.15, -0.1) is 0 Å². The van der Waals surface area contributed by atoms with E-state index in [9.17, 15) is 9.90 Å². The molecule has 4 aliphatic rings. The molecule has 0 aromatic heterocycles. The number of allylic oxidation sites excluding steroid dienone is 1. The summed E-state index contributed by atoms with van der Waals surface area (Å²) in [5.74, 6) is 3.33. The molecule has 0 bridgehead atoms. The molecule has 0 spiro atoms. The maximum absolute atomic E-state index is 12.3. The number of methoxy groups -OCH3 is 1. The number of ether oxygens (including phenoxy) is 2. The van der Waals surface area contributed by atoms with Crippen LogP contribution < -0.4 is 0 Å². The van der Waals surface area contributed by atoms with Gasteiger partial charge < -0.3 is 19.5 Å². The molecule has 4 aliphatic carbocycles. The fourth-order valence-corrected chi connectivity index (χ4v) is 8.37. The van der Waals surface area contributed by atoms with Gasteiger partial charge in [-0.05, 0) is 91.8 Å². The molecule has 5 nitrogen and oxygen atoms in total. The van der Waals surface area contributed by atoms with Gasteiger partial charge in [0.05, 0.1) is 19.3 Å². The summed E-state index contributed by atoms with van der Waals surface area (Å²) in [5.41, 5.74) is 2.20. The number of amides is 1. The minimum Gasteiger partial charge on any atom is -0.449 e. The lowest BCUT2D eigenvalue weighted by atomic mass is 9.47. The van der Waals surface area contributed by atoms with Crippen molar-refractivity contribution in [1.82, 2.24) is 4.90 Å². The number of nitrogens with zero attached hydrogens (tertiary/aromatic N) is 1. The van der Waals surface area contributed by atoms with Crippen LogP contribution in [0.4, 0.5) is 4.79 Å². The van der Waals surface area contributed by atoms with Crippen LogP contribution in [0.3, 0.4) is 0 Å². The van der Waals surface area contributed by atoms with Gasteiger partial charge in [0.2, 0.25) is 0 Å². The summed E-state index contributed by atoms with van der Waals surface area (Å²) in [5, 5.41) is 10.2. The first-order chi connectivity index (χ1) is 15.2. The zero-order valence-corrected chi connectivity index (χ0v) is 20.9. The molecule has 0 radical (unpaired) electrons. The summed E-state index contributed by atoms with van der Waals surface area (Å²) in [6.07, 6.45) is 11.5. The molecule has 0 aromatic rings. The van der Waals surface area contributed by atoms with E-state index in [4.69, 9.17) is 9.47 Å². The van der Waals surface area contributed by atoms with E-state index in [-0.39, 0.29) is 12.2 Å². The number of aliphatic hydroxyl groups excluding tert-OH is 1. The first kappa shape index (κ1) is 24.1. The highest BCUT2D eigenvalue weighted by Crippen LogP contribution is 2.67. The van der Waals surface area contributed by atoms with Gasteiger partial charge in [-0.25, -0.2) is 4.79 Å². The third-order valence-electron chi connectivity index (χ3n) is 10.3. The third kappa shape index (κ3) is 4.13. The van der Waals surface area contributed by atoms with Crippen molar-refractivity contribution in [2.24, 2.45) is 40.4 Å². The van der Waals surface area contributed by atoms with Crippen LogP contribution in [0.25, 0.3) is 0 Å². The Balaban J connectivity index is 1.41. The summed E-state index contributed by atoms with van der Waals surface area (Å²) >= 11 is 0. The van der Waals surface area contributed by atoms with Gasteiger partial charge in [-0.3, -0.25) is 0 Å². The quantitative estimate of drug-likeness (QED) is 0.563. The molecule has 0 heterocycles. The highest BCUT2D eigenvalue weighted by Gasteiger charge is 2.59. The lowest BCUT2D eigenvalue weighted by molar-refractivity contribution is -0.0607. The Morgan fingerprint density at radius 2 is 2.00 bits per heavy atom. The summed E-state index contributed by atoms with van der Waals surface area (Å²) < 4.78 is 10.8. The van der Waals surface area contributed by atoms with Crippen molar-refractivity contribution in [3.8, 4) is 0 Å². The Morgan fingerprint density at radius 1 is 1.22 bits per heavy atom. The van der Waals surface area contributed by atoms with E-state index in [1.54, 1.807) is 24.6 Å². The average molecular weight is 448 g/mol. The van der Waals surface area contributed by atoms with Gasteiger partial charge in [0.15, 0.2) is 0 Å². The van der Waals surface area contributed by atoms with E-state index in [0.717, 1.165) is 37.0 Å². The lowest BCUT2D eigenvalue weighted by Crippen LogP contribution is -2.51. The number of aliphatic hydroxyl groups is 1. The normalized spacial score (nSPS) is 41.7. The van der Waals surface area contributed by atoms with E-state index in [0.29, 0.717) is 42.4 Å².